The predicted octanol–water partition coefficient (Wildman–Crippen LogP) is 1.47. The standard InChI is InChI=1S/C9H13ClO4S/c1-9(2)6(7(9)8(11)12)5(10)4-15(3,13)14/h4,6-7H,1-3H3,(H,11,12)/b5-4-. The quantitative estimate of drug-likeness (QED) is 0.826. The minimum absolute atomic E-state index is 0.106. The van der Waals surface area contributed by atoms with Crippen molar-refractivity contribution in [1.29, 1.82) is 0 Å². The number of sulfone groups is 1. The summed E-state index contributed by atoms with van der Waals surface area (Å²) in [6.45, 7) is 3.52. The Kier molecular flexibility index (Phi) is 2.91. The highest BCUT2D eigenvalue weighted by Gasteiger charge is 2.63. The number of aliphatic carboxylic acids is 1. The number of hydrogen-bond acceptors (Lipinski definition) is 3. The van der Waals surface area contributed by atoms with Crippen LogP contribution in [0.2, 0.25) is 0 Å². The fourth-order valence-electron chi connectivity index (χ4n) is 1.89. The molecule has 86 valence electrons. The molecule has 0 aromatic carbocycles. The summed E-state index contributed by atoms with van der Waals surface area (Å²) >= 11 is 5.80. The molecule has 0 aliphatic heterocycles. The Labute approximate surface area is 93.8 Å². The zero-order chi connectivity index (χ0) is 12.0. The molecule has 0 radical (unpaired) electrons. The van der Waals surface area contributed by atoms with Crippen LogP contribution in [0.25, 0.3) is 0 Å². The average molecular weight is 253 g/mol. The van der Waals surface area contributed by atoms with Gasteiger partial charge in [0.05, 0.1) is 5.92 Å². The smallest absolute Gasteiger partial charge is 0.307 e. The number of rotatable bonds is 3. The van der Waals surface area contributed by atoms with Crippen LogP contribution >= 0.6 is 11.6 Å². The fraction of sp³-hybridized carbons (Fsp3) is 0.667. The van der Waals surface area contributed by atoms with Crippen molar-refractivity contribution < 1.29 is 18.3 Å². The van der Waals surface area contributed by atoms with Crippen molar-refractivity contribution in [3.63, 3.8) is 0 Å². The lowest BCUT2D eigenvalue weighted by Gasteiger charge is -1.99. The molecular weight excluding hydrogens is 240 g/mol. The van der Waals surface area contributed by atoms with Crippen molar-refractivity contribution in [2.24, 2.45) is 17.3 Å². The monoisotopic (exact) mass is 252 g/mol. The van der Waals surface area contributed by atoms with Gasteiger partial charge in [0.1, 0.15) is 0 Å². The fourth-order valence-corrected chi connectivity index (χ4v) is 3.34. The van der Waals surface area contributed by atoms with E-state index in [2.05, 4.69) is 0 Å². The van der Waals surface area contributed by atoms with Crippen LogP contribution in [0.1, 0.15) is 13.8 Å². The van der Waals surface area contributed by atoms with E-state index in [4.69, 9.17) is 16.7 Å². The number of carbonyl (C=O) groups is 1. The van der Waals surface area contributed by atoms with E-state index < -0.39 is 33.1 Å². The van der Waals surface area contributed by atoms with Crippen LogP contribution in [0.5, 0.6) is 0 Å². The van der Waals surface area contributed by atoms with Crippen LogP contribution in [-0.4, -0.2) is 25.7 Å². The summed E-state index contributed by atoms with van der Waals surface area (Å²) in [4.78, 5) is 10.8. The maximum Gasteiger partial charge on any atom is 0.307 e. The summed E-state index contributed by atoms with van der Waals surface area (Å²) in [6, 6.07) is 0. The zero-order valence-corrected chi connectivity index (χ0v) is 10.3. The lowest BCUT2D eigenvalue weighted by atomic mass is 10.1. The van der Waals surface area contributed by atoms with Crippen LogP contribution < -0.4 is 0 Å². The van der Waals surface area contributed by atoms with Gasteiger partial charge < -0.3 is 5.11 Å². The van der Waals surface area contributed by atoms with Gasteiger partial charge in [-0.1, -0.05) is 25.4 Å². The molecule has 0 aromatic rings. The normalized spacial score (nSPS) is 30.0. The van der Waals surface area contributed by atoms with Gasteiger partial charge in [-0.25, -0.2) is 8.42 Å². The minimum atomic E-state index is -3.31. The summed E-state index contributed by atoms with van der Waals surface area (Å²) in [5, 5.41) is 9.91. The number of hydrogen-bond donors (Lipinski definition) is 1. The largest absolute Gasteiger partial charge is 0.481 e. The molecule has 0 heterocycles. The number of carboxylic acid groups (broad SMARTS) is 1. The van der Waals surface area contributed by atoms with E-state index in [1.807, 2.05) is 0 Å². The Balaban J connectivity index is 2.95. The van der Waals surface area contributed by atoms with Gasteiger partial charge in [-0.3, -0.25) is 4.79 Å². The van der Waals surface area contributed by atoms with Gasteiger partial charge in [0.2, 0.25) is 0 Å². The minimum Gasteiger partial charge on any atom is -0.481 e. The average Bonchev–Trinajstić information content (AvgIpc) is 2.49. The highest BCUT2D eigenvalue weighted by atomic mass is 35.5. The lowest BCUT2D eigenvalue weighted by Crippen LogP contribution is -2.03. The van der Waals surface area contributed by atoms with Gasteiger partial charge in [0, 0.05) is 22.6 Å². The van der Waals surface area contributed by atoms with E-state index in [0.717, 1.165) is 11.7 Å². The van der Waals surface area contributed by atoms with Crippen LogP contribution in [0.3, 0.4) is 0 Å². The maximum absolute atomic E-state index is 11.0. The first-order valence-corrected chi connectivity index (χ1v) is 6.70. The van der Waals surface area contributed by atoms with Gasteiger partial charge in [-0.15, -0.1) is 0 Å². The molecule has 0 saturated heterocycles. The molecular formula is C9H13ClO4S. The Hall–Kier alpha value is -0.550. The van der Waals surface area contributed by atoms with Gasteiger partial charge in [-0.2, -0.15) is 0 Å². The molecule has 1 aliphatic rings. The molecule has 1 aliphatic carbocycles. The van der Waals surface area contributed by atoms with Crippen LogP contribution in [0, 0.1) is 17.3 Å². The summed E-state index contributed by atoms with van der Waals surface area (Å²) in [6.07, 6.45) is 1.03. The Morgan fingerprint density at radius 3 is 2.13 bits per heavy atom. The Morgan fingerprint density at radius 2 is 1.87 bits per heavy atom. The van der Waals surface area contributed by atoms with Gasteiger partial charge >= 0.3 is 5.97 Å². The SMILES string of the molecule is CC1(C)C(C(=O)O)C1/C(Cl)=C/S(C)(=O)=O. The molecule has 0 spiro atoms. The summed E-state index contributed by atoms with van der Waals surface area (Å²) in [5.41, 5.74) is -0.468. The highest BCUT2D eigenvalue weighted by molar-refractivity contribution is 7.93. The second-order valence-corrected chi connectivity index (χ2v) is 6.78. The van der Waals surface area contributed by atoms with Crippen molar-refractivity contribution in [2.75, 3.05) is 6.26 Å². The first-order valence-electron chi connectivity index (χ1n) is 4.37. The van der Waals surface area contributed by atoms with Crippen LogP contribution in [-0.2, 0) is 14.6 Å². The number of halogens is 1. The van der Waals surface area contributed by atoms with Gasteiger partial charge in [0.15, 0.2) is 9.84 Å². The molecule has 15 heavy (non-hydrogen) atoms. The molecule has 1 fully saturated rings. The second-order valence-electron chi connectivity index (χ2n) is 4.45. The number of carboxylic acids is 1. The molecule has 1 N–H and O–H groups in total. The van der Waals surface area contributed by atoms with Crippen molar-refractivity contribution in [2.45, 2.75) is 13.8 Å². The van der Waals surface area contributed by atoms with E-state index >= 15 is 0 Å². The van der Waals surface area contributed by atoms with Crippen molar-refractivity contribution in [3.05, 3.63) is 10.4 Å². The third kappa shape index (κ3) is 2.52. The predicted molar refractivity (Wildman–Crippen MR) is 57.2 cm³/mol. The molecule has 6 heteroatoms. The highest BCUT2D eigenvalue weighted by Crippen LogP contribution is 2.62. The molecule has 1 saturated carbocycles. The molecule has 4 nitrogen and oxygen atoms in total. The molecule has 0 bridgehead atoms. The topological polar surface area (TPSA) is 71.4 Å². The van der Waals surface area contributed by atoms with E-state index in [0.29, 0.717) is 0 Å². The Bertz CT molecular complexity index is 421. The molecule has 2 atom stereocenters. The lowest BCUT2D eigenvalue weighted by molar-refractivity contribution is -0.139. The molecule has 0 aromatic heterocycles. The maximum atomic E-state index is 11.0. The van der Waals surface area contributed by atoms with Crippen molar-refractivity contribution in [3.8, 4) is 0 Å². The third-order valence-electron chi connectivity index (χ3n) is 2.72. The molecule has 2 unspecified atom stereocenters. The van der Waals surface area contributed by atoms with Gasteiger partial charge in [-0.05, 0) is 5.41 Å². The van der Waals surface area contributed by atoms with Crippen molar-refractivity contribution >= 4 is 27.4 Å². The van der Waals surface area contributed by atoms with Crippen LogP contribution in [0.4, 0.5) is 0 Å². The van der Waals surface area contributed by atoms with Gasteiger partial charge in [0.25, 0.3) is 0 Å². The first-order chi connectivity index (χ1) is 6.57. The van der Waals surface area contributed by atoms with E-state index in [9.17, 15) is 13.2 Å². The molecule has 0 amide bonds. The van der Waals surface area contributed by atoms with E-state index in [-0.39, 0.29) is 5.03 Å². The Morgan fingerprint density at radius 1 is 1.40 bits per heavy atom. The van der Waals surface area contributed by atoms with E-state index in [1.54, 1.807) is 13.8 Å². The summed E-state index contributed by atoms with van der Waals surface area (Å²) in [7, 11) is -3.31. The number of allylic oxidation sites excluding steroid dienone is 1. The second kappa shape index (κ2) is 3.49. The zero-order valence-electron chi connectivity index (χ0n) is 8.69. The van der Waals surface area contributed by atoms with E-state index in [1.165, 1.54) is 0 Å². The third-order valence-corrected chi connectivity index (χ3v) is 3.87. The van der Waals surface area contributed by atoms with Crippen molar-refractivity contribution in [1.82, 2.24) is 0 Å². The summed E-state index contributed by atoms with van der Waals surface area (Å²) in [5.74, 6) is -1.93. The van der Waals surface area contributed by atoms with Crippen LogP contribution in [0.15, 0.2) is 10.4 Å². The summed E-state index contributed by atoms with van der Waals surface area (Å²) < 4.78 is 21.9. The molecule has 1 rings (SSSR count). The first kappa shape index (κ1) is 12.5.